The molecule has 7 heteroatoms. The molecule has 0 saturated carbocycles. The van der Waals surface area contributed by atoms with Crippen molar-refractivity contribution in [2.45, 2.75) is 32.2 Å². The monoisotopic (exact) mass is 346 g/mol. The van der Waals surface area contributed by atoms with Gasteiger partial charge in [0.25, 0.3) is 5.91 Å². The summed E-state index contributed by atoms with van der Waals surface area (Å²) in [5, 5.41) is 0. The summed E-state index contributed by atoms with van der Waals surface area (Å²) in [6, 6.07) is 6.57. The third kappa shape index (κ3) is 4.61. The Labute approximate surface area is 138 Å². The number of benzene rings is 1. The van der Waals surface area contributed by atoms with Crippen LogP contribution in [0.3, 0.4) is 0 Å². The minimum atomic E-state index is -3.00. The summed E-state index contributed by atoms with van der Waals surface area (Å²) in [5.74, 6) is 0.151. The van der Waals surface area contributed by atoms with Crippen molar-refractivity contribution >= 4 is 33.8 Å². The number of hydrogen-bond donors (Lipinski definition) is 1. The van der Waals surface area contributed by atoms with Gasteiger partial charge in [-0.1, -0.05) is 13.3 Å². The molecule has 1 heterocycles. The van der Waals surface area contributed by atoms with Crippen molar-refractivity contribution in [1.82, 2.24) is 4.90 Å². The first-order valence-corrected chi connectivity index (χ1v) is 9.12. The Morgan fingerprint density at radius 1 is 1.32 bits per heavy atom. The van der Waals surface area contributed by atoms with E-state index in [-0.39, 0.29) is 35.9 Å². The number of nitrogen functional groups attached to an aromatic ring is 1. The fourth-order valence-corrected chi connectivity index (χ4v) is 4.32. The molecule has 1 aromatic carbocycles. The number of halogens is 1. The molecule has 0 radical (unpaired) electrons. The number of nitrogens with two attached hydrogens (primary N) is 1. The minimum Gasteiger partial charge on any atom is -0.399 e. The highest BCUT2D eigenvalue weighted by molar-refractivity contribution is 7.91. The molecular formula is C15H23ClN2O3S. The number of anilines is 1. The van der Waals surface area contributed by atoms with Crippen LogP contribution in [0.15, 0.2) is 24.3 Å². The van der Waals surface area contributed by atoms with Crippen LogP contribution in [0.1, 0.15) is 36.5 Å². The van der Waals surface area contributed by atoms with Gasteiger partial charge < -0.3 is 10.6 Å². The predicted molar refractivity (Wildman–Crippen MR) is 91.1 cm³/mol. The first kappa shape index (κ1) is 18.8. The molecule has 0 spiro atoms. The van der Waals surface area contributed by atoms with E-state index in [1.807, 2.05) is 0 Å². The number of carbonyl (C=O) groups is 1. The van der Waals surface area contributed by atoms with Gasteiger partial charge in [-0.25, -0.2) is 8.42 Å². The minimum absolute atomic E-state index is 0. The molecule has 1 amide bonds. The lowest BCUT2D eigenvalue weighted by Crippen LogP contribution is -2.41. The lowest BCUT2D eigenvalue weighted by molar-refractivity contribution is 0.0694. The average Bonchev–Trinajstić information content (AvgIpc) is 2.80. The summed E-state index contributed by atoms with van der Waals surface area (Å²) >= 11 is 0. The van der Waals surface area contributed by atoms with Crippen LogP contribution in [0.25, 0.3) is 0 Å². The molecule has 1 aromatic rings. The molecular weight excluding hydrogens is 324 g/mol. The van der Waals surface area contributed by atoms with E-state index in [1.54, 1.807) is 29.2 Å². The first-order valence-electron chi connectivity index (χ1n) is 7.30. The van der Waals surface area contributed by atoms with Gasteiger partial charge in [0.05, 0.1) is 11.5 Å². The third-order valence-corrected chi connectivity index (χ3v) is 5.57. The second kappa shape index (κ2) is 7.83. The molecule has 0 bridgehead atoms. The maximum absolute atomic E-state index is 12.7. The molecule has 124 valence electrons. The van der Waals surface area contributed by atoms with Gasteiger partial charge in [-0.15, -0.1) is 12.4 Å². The molecule has 2 N–H and O–H groups in total. The van der Waals surface area contributed by atoms with Crippen molar-refractivity contribution in [3.8, 4) is 0 Å². The van der Waals surface area contributed by atoms with Gasteiger partial charge in [0.1, 0.15) is 0 Å². The molecule has 0 aromatic heterocycles. The zero-order valence-electron chi connectivity index (χ0n) is 12.7. The molecule has 1 unspecified atom stereocenters. The van der Waals surface area contributed by atoms with Gasteiger partial charge in [-0.2, -0.15) is 0 Å². The largest absolute Gasteiger partial charge is 0.399 e. The van der Waals surface area contributed by atoms with Crippen LogP contribution in [0.4, 0.5) is 5.69 Å². The van der Waals surface area contributed by atoms with Gasteiger partial charge in [0.15, 0.2) is 9.84 Å². The number of sulfone groups is 1. The molecule has 1 fully saturated rings. The van der Waals surface area contributed by atoms with Gasteiger partial charge in [-0.3, -0.25) is 4.79 Å². The van der Waals surface area contributed by atoms with E-state index in [4.69, 9.17) is 5.73 Å². The quantitative estimate of drug-likeness (QED) is 0.828. The normalized spacial score (nSPS) is 19.4. The van der Waals surface area contributed by atoms with Crippen molar-refractivity contribution in [3.05, 3.63) is 29.8 Å². The Morgan fingerprint density at radius 2 is 1.95 bits per heavy atom. The standard InChI is InChI=1S/C15H22N2O3S.ClH/c1-2-3-9-17(14-8-10-21(19,20)11-14)15(18)12-4-6-13(16)7-5-12;/h4-7,14H,2-3,8-11,16H2,1H3;1H. The van der Waals surface area contributed by atoms with E-state index in [2.05, 4.69) is 6.92 Å². The van der Waals surface area contributed by atoms with Crippen LogP contribution in [0.2, 0.25) is 0 Å². The van der Waals surface area contributed by atoms with Crippen LogP contribution in [-0.4, -0.2) is 43.3 Å². The predicted octanol–water partition coefficient (Wildman–Crippen LogP) is 2.12. The topological polar surface area (TPSA) is 80.5 Å². The van der Waals surface area contributed by atoms with Crippen molar-refractivity contribution in [1.29, 1.82) is 0 Å². The van der Waals surface area contributed by atoms with Crippen LogP contribution in [0, 0.1) is 0 Å². The summed E-state index contributed by atoms with van der Waals surface area (Å²) in [6.07, 6.45) is 2.37. The summed E-state index contributed by atoms with van der Waals surface area (Å²) in [7, 11) is -3.00. The molecule has 22 heavy (non-hydrogen) atoms. The molecule has 2 rings (SSSR count). The Balaban J connectivity index is 0.00000242. The van der Waals surface area contributed by atoms with Gasteiger partial charge >= 0.3 is 0 Å². The number of carbonyl (C=O) groups excluding carboxylic acids is 1. The lowest BCUT2D eigenvalue weighted by atomic mass is 10.1. The maximum atomic E-state index is 12.7. The van der Waals surface area contributed by atoms with E-state index in [0.717, 1.165) is 12.8 Å². The lowest BCUT2D eigenvalue weighted by Gasteiger charge is -2.28. The van der Waals surface area contributed by atoms with E-state index in [1.165, 1.54) is 0 Å². The summed E-state index contributed by atoms with van der Waals surface area (Å²) in [4.78, 5) is 14.4. The Bertz CT molecular complexity index is 602. The average molecular weight is 347 g/mol. The van der Waals surface area contributed by atoms with E-state index < -0.39 is 9.84 Å². The first-order chi connectivity index (χ1) is 9.93. The smallest absolute Gasteiger partial charge is 0.254 e. The van der Waals surface area contributed by atoms with Crippen molar-refractivity contribution in [3.63, 3.8) is 0 Å². The summed E-state index contributed by atoms with van der Waals surface area (Å²) in [5.41, 5.74) is 6.80. The van der Waals surface area contributed by atoms with Gasteiger partial charge in [0, 0.05) is 23.8 Å². The molecule has 5 nitrogen and oxygen atoms in total. The van der Waals surface area contributed by atoms with Gasteiger partial charge in [0.2, 0.25) is 0 Å². The zero-order chi connectivity index (χ0) is 15.5. The number of amides is 1. The van der Waals surface area contributed by atoms with E-state index >= 15 is 0 Å². The van der Waals surface area contributed by atoms with Crippen LogP contribution >= 0.6 is 12.4 Å². The van der Waals surface area contributed by atoms with E-state index in [9.17, 15) is 13.2 Å². The molecule has 0 aliphatic carbocycles. The Hall–Kier alpha value is -1.27. The molecule has 1 atom stereocenters. The number of nitrogens with zero attached hydrogens (tertiary/aromatic N) is 1. The highest BCUT2D eigenvalue weighted by Gasteiger charge is 2.34. The molecule has 1 aliphatic rings. The third-order valence-electron chi connectivity index (χ3n) is 3.82. The van der Waals surface area contributed by atoms with Crippen LogP contribution in [0.5, 0.6) is 0 Å². The van der Waals surface area contributed by atoms with E-state index in [0.29, 0.717) is 24.2 Å². The number of rotatable bonds is 5. The molecule has 1 aliphatic heterocycles. The zero-order valence-corrected chi connectivity index (χ0v) is 14.3. The second-order valence-electron chi connectivity index (χ2n) is 5.53. The van der Waals surface area contributed by atoms with Crippen LogP contribution in [-0.2, 0) is 9.84 Å². The summed E-state index contributed by atoms with van der Waals surface area (Å²) in [6.45, 7) is 2.65. The van der Waals surface area contributed by atoms with Crippen LogP contribution < -0.4 is 5.73 Å². The fraction of sp³-hybridized carbons (Fsp3) is 0.533. The van der Waals surface area contributed by atoms with Crippen molar-refractivity contribution in [2.75, 3.05) is 23.8 Å². The molecule has 1 saturated heterocycles. The fourth-order valence-electron chi connectivity index (χ4n) is 2.59. The van der Waals surface area contributed by atoms with Crippen molar-refractivity contribution in [2.24, 2.45) is 0 Å². The Morgan fingerprint density at radius 3 is 2.45 bits per heavy atom. The summed E-state index contributed by atoms with van der Waals surface area (Å²) < 4.78 is 23.3. The Kier molecular flexibility index (Phi) is 6.68. The number of unbranched alkanes of at least 4 members (excludes halogenated alkanes) is 1. The highest BCUT2D eigenvalue weighted by Crippen LogP contribution is 2.21. The highest BCUT2D eigenvalue weighted by atomic mass is 35.5. The maximum Gasteiger partial charge on any atom is 0.254 e. The van der Waals surface area contributed by atoms with Crippen molar-refractivity contribution < 1.29 is 13.2 Å². The number of hydrogen-bond acceptors (Lipinski definition) is 4. The van der Waals surface area contributed by atoms with Gasteiger partial charge in [-0.05, 0) is 37.1 Å². The SMILES string of the molecule is CCCCN(C(=O)c1ccc(N)cc1)C1CCS(=O)(=O)C1.Cl. The second-order valence-corrected chi connectivity index (χ2v) is 7.76.